The van der Waals surface area contributed by atoms with E-state index in [1.807, 2.05) is 42.5 Å². The Hall–Kier alpha value is -3.64. The number of amides is 1. The van der Waals surface area contributed by atoms with E-state index in [0.717, 1.165) is 35.8 Å². The molecule has 0 aromatic heterocycles. The molecule has 6 heteroatoms. The van der Waals surface area contributed by atoms with E-state index in [0.29, 0.717) is 23.4 Å². The number of carboxylic acid groups (broad SMARTS) is 1. The molecule has 2 N–H and O–H groups in total. The standard InChI is InChI=1S/C27H27NO5/c1-18-14-19(11-12-23(18)27(30)31)15-21(26(29)28-16-22-8-5-13-32-22)17-33-25-10-4-7-20-6-2-3-9-24(20)25/h2-4,6-7,9-12,14-15,22H,5,8,13,16-17H2,1H3,(H,28,29)(H,30,31). The molecule has 3 aromatic rings. The molecule has 1 unspecified atom stereocenters. The van der Waals surface area contributed by atoms with Crippen molar-refractivity contribution in [1.82, 2.24) is 5.32 Å². The van der Waals surface area contributed by atoms with Crippen LogP contribution in [0.5, 0.6) is 5.75 Å². The van der Waals surface area contributed by atoms with E-state index in [-0.39, 0.29) is 24.2 Å². The summed E-state index contributed by atoms with van der Waals surface area (Å²) in [5.74, 6) is -0.508. The molecule has 170 valence electrons. The predicted molar refractivity (Wildman–Crippen MR) is 128 cm³/mol. The molecule has 1 amide bonds. The summed E-state index contributed by atoms with van der Waals surface area (Å²) >= 11 is 0. The van der Waals surface area contributed by atoms with Gasteiger partial charge in [0.25, 0.3) is 5.91 Å². The number of carbonyl (C=O) groups is 2. The highest BCUT2D eigenvalue weighted by molar-refractivity contribution is 5.98. The molecule has 1 fully saturated rings. The van der Waals surface area contributed by atoms with Crippen molar-refractivity contribution in [2.24, 2.45) is 0 Å². The molecule has 0 aliphatic carbocycles. The van der Waals surface area contributed by atoms with Gasteiger partial charge >= 0.3 is 5.97 Å². The summed E-state index contributed by atoms with van der Waals surface area (Å²) in [5, 5.41) is 14.3. The van der Waals surface area contributed by atoms with Gasteiger partial charge in [-0.25, -0.2) is 4.79 Å². The molecule has 33 heavy (non-hydrogen) atoms. The van der Waals surface area contributed by atoms with Crippen molar-refractivity contribution in [2.45, 2.75) is 25.9 Å². The van der Waals surface area contributed by atoms with E-state index < -0.39 is 5.97 Å². The Morgan fingerprint density at radius 1 is 1.15 bits per heavy atom. The molecule has 1 heterocycles. The Morgan fingerprint density at radius 2 is 1.97 bits per heavy atom. The number of aromatic carboxylic acids is 1. The number of rotatable bonds is 8. The molecule has 1 aliphatic heterocycles. The van der Waals surface area contributed by atoms with Crippen LogP contribution >= 0.6 is 0 Å². The second kappa shape index (κ2) is 10.3. The van der Waals surface area contributed by atoms with Gasteiger partial charge in [0.1, 0.15) is 12.4 Å². The van der Waals surface area contributed by atoms with Gasteiger partial charge < -0.3 is 19.9 Å². The van der Waals surface area contributed by atoms with E-state index in [9.17, 15) is 14.7 Å². The van der Waals surface area contributed by atoms with Crippen LogP contribution in [0.1, 0.15) is 34.3 Å². The van der Waals surface area contributed by atoms with E-state index in [1.165, 1.54) is 0 Å². The molecule has 6 nitrogen and oxygen atoms in total. The van der Waals surface area contributed by atoms with Crippen molar-refractivity contribution >= 4 is 28.7 Å². The van der Waals surface area contributed by atoms with Gasteiger partial charge in [-0.15, -0.1) is 0 Å². The van der Waals surface area contributed by atoms with Crippen LogP contribution < -0.4 is 10.1 Å². The zero-order chi connectivity index (χ0) is 23.2. The van der Waals surface area contributed by atoms with Gasteiger partial charge in [-0.1, -0.05) is 48.5 Å². The third-order valence-electron chi connectivity index (χ3n) is 5.76. The number of hydrogen-bond donors (Lipinski definition) is 2. The maximum Gasteiger partial charge on any atom is 0.335 e. The Labute approximate surface area is 192 Å². The first-order valence-corrected chi connectivity index (χ1v) is 11.1. The first-order valence-electron chi connectivity index (χ1n) is 11.1. The predicted octanol–water partition coefficient (Wildman–Crippen LogP) is 4.60. The summed E-state index contributed by atoms with van der Waals surface area (Å²) in [6.07, 6.45) is 3.71. The van der Waals surface area contributed by atoms with Crippen LogP contribution in [0.15, 0.2) is 66.2 Å². The van der Waals surface area contributed by atoms with Gasteiger partial charge in [0.2, 0.25) is 0 Å². The minimum absolute atomic E-state index is 0.0336. The van der Waals surface area contributed by atoms with Gasteiger partial charge in [0, 0.05) is 18.5 Å². The van der Waals surface area contributed by atoms with Crippen molar-refractivity contribution in [3.63, 3.8) is 0 Å². The second-order valence-electron chi connectivity index (χ2n) is 8.16. The fourth-order valence-corrected chi connectivity index (χ4v) is 3.99. The van der Waals surface area contributed by atoms with Crippen LogP contribution in [-0.4, -0.2) is 42.8 Å². The number of benzene rings is 3. The molecule has 4 rings (SSSR count). The summed E-state index contributed by atoms with van der Waals surface area (Å²) in [6.45, 7) is 2.99. The largest absolute Gasteiger partial charge is 0.488 e. The topological polar surface area (TPSA) is 84.9 Å². The van der Waals surface area contributed by atoms with Crippen molar-refractivity contribution < 1.29 is 24.2 Å². The van der Waals surface area contributed by atoms with Gasteiger partial charge in [0.15, 0.2) is 0 Å². The Kier molecular flexibility index (Phi) is 7.05. The Balaban J connectivity index is 1.57. The van der Waals surface area contributed by atoms with E-state index >= 15 is 0 Å². The number of ether oxygens (including phenoxy) is 2. The first kappa shape index (κ1) is 22.6. The van der Waals surface area contributed by atoms with Gasteiger partial charge in [-0.2, -0.15) is 0 Å². The minimum Gasteiger partial charge on any atom is -0.488 e. The highest BCUT2D eigenvalue weighted by Crippen LogP contribution is 2.26. The molecule has 1 saturated heterocycles. The molecule has 0 spiro atoms. The number of aryl methyl sites for hydroxylation is 1. The Bertz CT molecular complexity index is 1190. The zero-order valence-electron chi connectivity index (χ0n) is 18.5. The molecule has 0 radical (unpaired) electrons. The molecular formula is C27H27NO5. The quantitative estimate of drug-likeness (QED) is 0.495. The molecule has 1 atom stereocenters. The third-order valence-corrected chi connectivity index (χ3v) is 5.76. The highest BCUT2D eigenvalue weighted by Gasteiger charge is 2.18. The SMILES string of the molecule is Cc1cc(C=C(COc2cccc3ccccc23)C(=O)NCC2CCCO2)ccc1C(=O)O. The highest BCUT2D eigenvalue weighted by atomic mass is 16.5. The van der Waals surface area contributed by atoms with E-state index in [4.69, 9.17) is 9.47 Å². The molecular weight excluding hydrogens is 418 g/mol. The summed E-state index contributed by atoms with van der Waals surface area (Å²) in [6, 6.07) is 18.8. The second-order valence-corrected chi connectivity index (χ2v) is 8.16. The third kappa shape index (κ3) is 5.59. The smallest absolute Gasteiger partial charge is 0.335 e. The number of carbonyl (C=O) groups excluding carboxylic acids is 1. The zero-order valence-corrected chi connectivity index (χ0v) is 18.5. The first-order chi connectivity index (χ1) is 16.0. The average Bonchev–Trinajstić information content (AvgIpc) is 3.33. The van der Waals surface area contributed by atoms with Crippen LogP contribution in [0.25, 0.3) is 16.8 Å². The summed E-state index contributed by atoms with van der Waals surface area (Å²) < 4.78 is 11.7. The van der Waals surface area contributed by atoms with Gasteiger partial charge in [0.05, 0.1) is 17.2 Å². The van der Waals surface area contributed by atoms with Crippen molar-refractivity contribution in [3.8, 4) is 5.75 Å². The van der Waals surface area contributed by atoms with Crippen molar-refractivity contribution in [3.05, 3.63) is 82.9 Å². The summed E-state index contributed by atoms with van der Waals surface area (Å²) in [5.41, 5.74) is 2.05. The average molecular weight is 446 g/mol. The normalized spacial score (nSPS) is 16.0. The minimum atomic E-state index is -0.975. The van der Waals surface area contributed by atoms with Gasteiger partial charge in [-0.3, -0.25) is 4.79 Å². The van der Waals surface area contributed by atoms with Gasteiger partial charge in [-0.05, 0) is 54.5 Å². The van der Waals surface area contributed by atoms with Crippen LogP contribution in [-0.2, 0) is 9.53 Å². The monoisotopic (exact) mass is 445 g/mol. The number of nitrogens with one attached hydrogen (secondary N) is 1. The Morgan fingerprint density at radius 3 is 2.73 bits per heavy atom. The van der Waals surface area contributed by atoms with Crippen LogP contribution in [0.2, 0.25) is 0 Å². The van der Waals surface area contributed by atoms with E-state index in [1.54, 1.807) is 31.2 Å². The maximum absolute atomic E-state index is 13.0. The van der Waals surface area contributed by atoms with Crippen LogP contribution in [0, 0.1) is 6.92 Å². The van der Waals surface area contributed by atoms with Crippen LogP contribution in [0.3, 0.4) is 0 Å². The molecule has 0 bridgehead atoms. The van der Waals surface area contributed by atoms with Crippen molar-refractivity contribution in [2.75, 3.05) is 19.8 Å². The van der Waals surface area contributed by atoms with Crippen molar-refractivity contribution in [1.29, 1.82) is 0 Å². The fraction of sp³-hybridized carbons (Fsp3) is 0.259. The summed E-state index contributed by atoms with van der Waals surface area (Å²) in [4.78, 5) is 24.4. The molecule has 1 aliphatic rings. The fourth-order valence-electron chi connectivity index (χ4n) is 3.99. The summed E-state index contributed by atoms with van der Waals surface area (Å²) in [7, 11) is 0. The van der Waals surface area contributed by atoms with E-state index in [2.05, 4.69) is 5.32 Å². The lowest BCUT2D eigenvalue weighted by Gasteiger charge is -2.15. The van der Waals surface area contributed by atoms with Crippen LogP contribution in [0.4, 0.5) is 0 Å². The molecule has 0 saturated carbocycles. The lowest BCUT2D eigenvalue weighted by molar-refractivity contribution is -0.118. The lowest BCUT2D eigenvalue weighted by Crippen LogP contribution is -2.34. The molecule has 3 aromatic carbocycles. The number of carboxylic acids is 1. The number of fused-ring (bicyclic) bond motifs is 1. The lowest BCUT2D eigenvalue weighted by atomic mass is 10.0. The number of hydrogen-bond acceptors (Lipinski definition) is 4. The maximum atomic E-state index is 13.0.